The minimum Gasteiger partial charge on any atom is -0.425 e. The van der Waals surface area contributed by atoms with Crippen molar-refractivity contribution in [2.45, 2.75) is 12.8 Å². The number of carbonyl (C=O) groups excluding carboxylic acids is 3. The number of carbonyl (C=O) groups is 3. The normalized spacial score (nSPS) is 24.3. The van der Waals surface area contributed by atoms with Gasteiger partial charge in [-0.25, -0.2) is 4.79 Å². The maximum atomic E-state index is 14.1. The van der Waals surface area contributed by atoms with Gasteiger partial charge in [-0.05, 0) is 30.3 Å². The van der Waals surface area contributed by atoms with Crippen molar-refractivity contribution in [2.75, 3.05) is 0 Å². The van der Waals surface area contributed by atoms with Gasteiger partial charge in [0.2, 0.25) is 0 Å². The predicted octanol–water partition coefficient (Wildman–Crippen LogP) is 5.33. The summed E-state index contributed by atoms with van der Waals surface area (Å²) in [6.07, 6.45) is 0. The number of ether oxygens (including phenoxy) is 1. The van der Waals surface area contributed by atoms with Crippen molar-refractivity contribution in [3.05, 3.63) is 110 Å². The molecule has 35 heavy (non-hydrogen) atoms. The molecule has 1 aromatic heterocycles. The quantitative estimate of drug-likeness (QED) is 0.117. The first-order valence-corrected chi connectivity index (χ1v) is 11.8. The minimum atomic E-state index is -1.89. The SMILES string of the molecule is C[C@]1(C(=O)c2ccc(Br)cc2)[C@H]2c3ccccc3OC(=O)[C@]21C(=O)c1cc2ccccc2oc1=O. The third-order valence-corrected chi connectivity index (χ3v) is 7.85. The molecule has 1 aliphatic heterocycles. The molecule has 7 heteroatoms. The molecule has 2 aliphatic rings. The third-order valence-electron chi connectivity index (χ3n) is 7.32. The molecule has 0 spiro atoms. The highest BCUT2D eigenvalue weighted by Gasteiger charge is 2.87. The first-order valence-electron chi connectivity index (χ1n) is 11.0. The Morgan fingerprint density at radius 3 is 2.34 bits per heavy atom. The first kappa shape index (κ1) is 21.7. The van der Waals surface area contributed by atoms with Crippen LogP contribution < -0.4 is 10.4 Å². The van der Waals surface area contributed by atoms with E-state index in [0.717, 1.165) is 4.47 Å². The van der Waals surface area contributed by atoms with Crippen molar-refractivity contribution in [3.8, 4) is 5.75 Å². The molecular weight excluding hydrogens is 512 g/mol. The van der Waals surface area contributed by atoms with Gasteiger partial charge in [-0.3, -0.25) is 14.4 Å². The lowest BCUT2D eigenvalue weighted by Crippen LogP contribution is -2.40. The van der Waals surface area contributed by atoms with Gasteiger partial charge in [0.1, 0.15) is 16.9 Å². The Hall–Kier alpha value is -3.84. The van der Waals surface area contributed by atoms with Crippen LogP contribution in [0.4, 0.5) is 0 Å². The number of ketones is 2. The lowest BCUT2D eigenvalue weighted by molar-refractivity contribution is -0.140. The molecule has 3 aromatic carbocycles. The number of fused-ring (bicyclic) bond motifs is 4. The molecule has 0 unspecified atom stereocenters. The topological polar surface area (TPSA) is 90.7 Å². The molecule has 0 radical (unpaired) electrons. The van der Waals surface area contributed by atoms with Crippen molar-refractivity contribution in [1.29, 1.82) is 0 Å². The summed E-state index contributed by atoms with van der Waals surface area (Å²) in [5, 5.41) is 0.537. The molecule has 4 aromatic rings. The maximum Gasteiger partial charge on any atom is 0.347 e. The fourth-order valence-electron chi connectivity index (χ4n) is 5.59. The van der Waals surface area contributed by atoms with Crippen molar-refractivity contribution in [2.24, 2.45) is 10.8 Å². The van der Waals surface area contributed by atoms with Crippen LogP contribution in [0.3, 0.4) is 0 Å². The highest BCUT2D eigenvalue weighted by molar-refractivity contribution is 9.10. The fraction of sp³-hybridized carbons (Fsp3) is 0.143. The van der Waals surface area contributed by atoms with Crippen molar-refractivity contribution in [1.82, 2.24) is 0 Å². The molecule has 6 nitrogen and oxygen atoms in total. The largest absolute Gasteiger partial charge is 0.425 e. The van der Waals surface area contributed by atoms with E-state index in [9.17, 15) is 19.2 Å². The van der Waals surface area contributed by atoms with Crippen molar-refractivity contribution in [3.63, 3.8) is 0 Å². The number of Topliss-reactive ketones (excluding diaryl/α,β-unsaturated/α-hetero) is 2. The van der Waals surface area contributed by atoms with Gasteiger partial charge in [0, 0.05) is 26.9 Å². The van der Waals surface area contributed by atoms with Crippen LogP contribution in [0, 0.1) is 10.8 Å². The number of rotatable bonds is 4. The summed E-state index contributed by atoms with van der Waals surface area (Å²) in [4.78, 5) is 54.5. The fourth-order valence-corrected chi connectivity index (χ4v) is 5.85. The molecule has 172 valence electrons. The summed E-state index contributed by atoms with van der Waals surface area (Å²) in [7, 11) is 0. The van der Waals surface area contributed by atoms with E-state index >= 15 is 0 Å². The van der Waals surface area contributed by atoms with E-state index < -0.39 is 34.1 Å². The Kier molecular flexibility index (Phi) is 4.54. The second-order valence-corrected chi connectivity index (χ2v) is 9.94. The van der Waals surface area contributed by atoms with E-state index in [1.807, 2.05) is 0 Å². The number of para-hydroxylation sites is 2. The Balaban J connectivity index is 1.58. The number of hydrogen-bond acceptors (Lipinski definition) is 6. The van der Waals surface area contributed by atoms with Gasteiger partial charge >= 0.3 is 11.6 Å². The zero-order valence-corrected chi connectivity index (χ0v) is 20.0. The lowest BCUT2D eigenvalue weighted by Gasteiger charge is -2.22. The highest BCUT2D eigenvalue weighted by atomic mass is 79.9. The number of esters is 1. The molecule has 3 atom stereocenters. The number of halogens is 1. The van der Waals surface area contributed by atoms with Gasteiger partial charge in [0.15, 0.2) is 17.0 Å². The zero-order chi connectivity index (χ0) is 24.5. The summed E-state index contributed by atoms with van der Waals surface area (Å²) in [6, 6.07) is 21.8. The van der Waals surface area contributed by atoms with Gasteiger partial charge in [-0.2, -0.15) is 0 Å². The summed E-state index contributed by atoms with van der Waals surface area (Å²) in [6.45, 7) is 1.60. The van der Waals surface area contributed by atoms with E-state index in [4.69, 9.17) is 9.15 Å². The van der Waals surface area contributed by atoms with Crippen LogP contribution in [0.2, 0.25) is 0 Å². The number of benzene rings is 3. The Morgan fingerprint density at radius 1 is 0.886 bits per heavy atom. The van der Waals surface area contributed by atoms with E-state index in [0.29, 0.717) is 27.8 Å². The molecule has 0 saturated heterocycles. The summed E-state index contributed by atoms with van der Waals surface area (Å²) >= 11 is 3.36. The van der Waals surface area contributed by atoms with Gasteiger partial charge in [0.05, 0.1) is 5.41 Å². The van der Waals surface area contributed by atoms with Crippen molar-refractivity contribution < 1.29 is 23.5 Å². The number of hydrogen-bond donors (Lipinski definition) is 0. The highest BCUT2D eigenvalue weighted by Crippen LogP contribution is 2.79. The summed E-state index contributed by atoms with van der Waals surface area (Å²) in [5.41, 5.74) is -3.23. The van der Waals surface area contributed by atoms with E-state index in [1.54, 1.807) is 79.7 Å². The lowest BCUT2D eigenvalue weighted by atomic mass is 9.82. The summed E-state index contributed by atoms with van der Waals surface area (Å²) < 4.78 is 11.8. The van der Waals surface area contributed by atoms with E-state index in [-0.39, 0.29) is 11.3 Å². The van der Waals surface area contributed by atoms with E-state index in [1.165, 1.54) is 6.07 Å². The van der Waals surface area contributed by atoms with Crippen LogP contribution in [-0.4, -0.2) is 17.5 Å². The smallest absolute Gasteiger partial charge is 0.347 e. The van der Waals surface area contributed by atoms with Gasteiger partial charge in [-0.1, -0.05) is 71.4 Å². The average Bonchev–Trinajstić information content (AvgIpc) is 3.46. The second kappa shape index (κ2) is 7.33. The van der Waals surface area contributed by atoms with Gasteiger partial charge in [0.25, 0.3) is 0 Å². The molecule has 0 N–H and O–H groups in total. The molecular formula is C28H17BrO6. The van der Waals surface area contributed by atoms with Crippen LogP contribution in [0.1, 0.15) is 39.1 Å². The van der Waals surface area contributed by atoms with Crippen LogP contribution in [0.15, 0.2) is 92.5 Å². The molecule has 2 heterocycles. The standard InChI is InChI=1S/C28H17BrO6/c1-27(23(30)15-10-12-17(29)13-11-15)22-18-7-3-5-9-21(18)35-26(33)28(22,27)24(31)19-14-16-6-2-4-8-20(16)34-25(19)32/h2-14,22H,1H3/t22-,27-,28-/m1/s1. The molecule has 1 fully saturated rings. The predicted molar refractivity (Wildman–Crippen MR) is 131 cm³/mol. The monoisotopic (exact) mass is 528 g/mol. The summed E-state index contributed by atoms with van der Waals surface area (Å²) in [5.74, 6) is -2.46. The van der Waals surface area contributed by atoms with Crippen LogP contribution in [0.25, 0.3) is 11.0 Å². The molecule has 0 amide bonds. The van der Waals surface area contributed by atoms with Crippen LogP contribution in [0.5, 0.6) is 5.75 Å². The van der Waals surface area contributed by atoms with E-state index in [2.05, 4.69) is 15.9 Å². The Morgan fingerprint density at radius 2 is 1.57 bits per heavy atom. The van der Waals surface area contributed by atoms with Crippen LogP contribution in [-0.2, 0) is 4.79 Å². The maximum absolute atomic E-state index is 14.1. The Bertz CT molecular complexity index is 1640. The van der Waals surface area contributed by atoms with Gasteiger partial charge < -0.3 is 9.15 Å². The Labute approximate surface area is 207 Å². The van der Waals surface area contributed by atoms with Crippen LogP contribution >= 0.6 is 15.9 Å². The average molecular weight is 529 g/mol. The minimum absolute atomic E-state index is 0.280. The second-order valence-electron chi connectivity index (χ2n) is 9.02. The molecule has 6 rings (SSSR count). The molecule has 0 bridgehead atoms. The van der Waals surface area contributed by atoms with Gasteiger partial charge in [-0.15, -0.1) is 0 Å². The first-order chi connectivity index (χ1) is 16.8. The molecule has 1 aliphatic carbocycles. The van der Waals surface area contributed by atoms with Crippen molar-refractivity contribution >= 4 is 44.4 Å². The molecule has 1 saturated carbocycles. The third kappa shape index (κ3) is 2.76. The zero-order valence-electron chi connectivity index (χ0n) is 18.4.